The lowest BCUT2D eigenvalue weighted by Gasteiger charge is -2.28. The van der Waals surface area contributed by atoms with Crippen LogP contribution >= 0.6 is 11.3 Å². The molecule has 1 aliphatic carbocycles. The number of benzene rings is 7. The Hall–Kier alpha value is -7.08. The van der Waals surface area contributed by atoms with Crippen molar-refractivity contribution in [3.05, 3.63) is 200 Å². The van der Waals surface area contributed by atoms with Crippen LogP contribution in [0, 0.1) is 0 Å². The number of aromatic nitrogens is 3. The van der Waals surface area contributed by atoms with Crippen molar-refractivity contribution in [1.82, 2.24) is 14.5 Å². The molecule has 1 aliphatic heterocycles. The molecule has 0 N–H and O–H groups in total. The number of anilines is 2. The van der Waals surface area contributed by atoms with Gasteiger partial charge in [0, 0.05) is 38.4 Å². The van der Waals surface area contributed by atoms with Gasteiger partial charge in [0.15, 0.2) is 0 Å². The van der Waals surface area contributed by atoms with Crippen molar-refractivity contribution in [1.29, 1.82) is 0 Å². The molecular weight excluding hydrogens is 713 g/mol. The van der Waals surface area contributed by atoms with Crippen LogP contribution in [0.4, 0.5) is 11.6 Å². The highest BCUT2D eigenvalue weighted by atomic mass is 32.1. The molecule has 3 aromatic heterocycles. The average molecular weight is 747 g/mol. The normalized spacial score (nSPS) is 15.9. The number of hydrogen-bond acceptors (Lipinski definition) is 4. The van der Waals surface area contributed by atoms with E-state index in [2.05, 4.69) is 204 Å². The molecule has 7 aromatic carbocycles. The maximum Gasteiger partial charge on any atom is 0.231 e. The third kappa shape index (κ3) is 4.99. The Morgan fingerprint density at radius 2 is 1.28 bits per heavy atom. The van der Waals surface area contributed by atoms with Crippen LogP contribution in [0.1, 0.15) is 11.5 Å². The van der Waals surface area contributed by atoms with Crippen molar-refractivity contribution < 1.29 is 0 Å². The highest BCUT2D eigenvalue weighted by Crippen LogP contribution is 2.52. The van der Waals surface area contributed by atoms with Gasteiger partial charge in [0.2, 0.25) is 5.95 Å². The molecule has 4 heterocycles. The minimum absolute atomic E-state index is 0.0344. The Kier molecular flexibility index (Phi) is 7.19. The minimum Gasteiger partial charge on any atom is -0.309 e. The molecule has 2 unspecified atom stereocenters. The minimum atomic E-state index is 0.0344. The van der Waals surface area contributed by atoms with Crippen LogP contribution in [0.5, 0.6) is 0 Å². The molecule has 10 aromatic rings. The number of fused-ring (bicyclic) bond motifs is 9. The quantitative estimate of drug-likeness (QED) is 0.176. The second kappa shape index (κ2) is 12.7. The summed E-state index contributed by atoms with van der Waals surface area (Å²) in [5.41, 5.74) is 12.5. The second-order valence-corrected chi connectivity index (χ2v) is 16.0. The summed E-state index contributed by atoms with van der Waals surface area (Å²) >= 11 is 1.76. The summed E-state index contributed by atoms with van der Waals surface area (Å²) in [6.45, 7) is 0. The summed E-state index contributed by atoms with van der Waals surface area (Å²) in [6, 6.07) is 61.3. The number of rotatable bonds is 5. The monoisotopic (exact) mass is 746 g/mol. The first-order chi connectivity index (χ1) is 28.3. The van der Waals surface area contributed by atoms with Crippen LogP contribution in [-0.2, 0) is 0 Å². The number of nitrogens with zero attached hydrogens (tertiary/aromatic N) is 4. The lowest BCUT2D eigenvalue weighted by atomic mass is 9.90. The van der Waals surface area contributed by atoms with Gasteiger partial charge in [-0.15, -0.1) is 11.3 Å². The molecule has 0 saturated heterocycles. The maximum atomic E-state index is 5.51. The Labute approximate surface area is 334 Å². The molecule has 0 fully saturated rings. The van der Waals surface area contributed by atoms with Gasteiger partial charge in [-0.3, -0.25) is 0 Å². The topological polar surface area (TPSA) is 34.0 Å². The summed E-state index contributed by atoms with van der Waals surface area (Å²) in [7, 11) is 0. The van der Waals surface area contributed by atoms with Gasteiger partial charge < -0.3 is 9.47 Å². The summed E-state index contributed by atoms with van der Waals surface area (Å²) in [5, 5.41) is 5.00. The van der Waals surface area contributed by atoms with Crippen LogP contribution in [0.25, 0.3) is 81.3 Å². The summed E-state index contributed by atoms with van der Waals surface area (Å²) in [6.07, 6.45) is 9.01. The van der Waals surface area contributed by atoms with E-state index in [0.717, 1.165) is 32.8 Å². The summed E-state index contributed by atoms with van der Waals surface area (Å²) in [4.78, 5) is 14.5. The summed E-state index contributed by atoms with van der Waals surface area (Å²) in [5.74, 6) is 0.882. The lowest BCUT2D eigenvalue weighted by Crippen LogP contribution is -2.30. The van der Waals surface area contributed by atoms with Gasteiger partial charge in [0.05, 0.1) is 38.7 Å². The zero-order chi connectivity index (χ0) is 37.5. The largest absolute Gasteiger partial charge is 0.309 e. The molecule has 0 saturated carbocycles. The Bertz CT molecular complexity index is 3250. The maximum absolute atomic E-state index is 5.51. The number of allylic oxidation sites excluding steroid dienone is 2. The zero-order valence-corrected chi connectivity index (χ0v) is 31.6. The number of hydrogen-bond donors (Lipinski definition) is 0. The van der Waals surface area contributed by atoms with E-state index >= 15 is 0 Å². The van der Waals surface area contributed by atoms with E-state index in [-0.39, 0.29) is 12.0 Å². The third-order valence-electron chi connectivity index (χ3n) is 11.7. The third-order valence-corrected chi connectivity index (χ3v) is 12.9. The van der Waals surface area contributed by atoms with Crippen molar-refractivity contribution in [3.63, 3.8) is 0 Å². The predicted octanol–water partition coefficient (Wildman–Crippen LogP) is 13.7. The molecule has 5 heteroatoms. The van der Waals surface area contributed by atoms with Crippen LogP contribution in [0.2, 0.25) is 0 Å². The van der Waals surface area contributed by atoms with E-state index in [1.54, 1.807) is 11.3 Å². The first-order valence-corrected chi connectivity index (χ1v) is 20.3. The van der Waals surface area contributed by atoms with E-state index in [0.29, 0.717) is 5.95 Å². The molecular formula is C52H34N4S. The van der Waals surface area contributed by atoms with Crippen molar-refractivity contribution in [3.8, 4) is 38.5 Å². The molecule has 0 spiro atoms. The average Bonchev–Trinajstić information content (AvgIpc) is 3.97. The Morgan fingerprint density at radius 3 is 2.12 bits per heavy atom. The first-order valence-electron chi connectivity index (χ1n) is 19.5. The Balaban J connectivity index is 1.10. The van der Waals surface area contributed by atoms with E-state index in [9.17, 15) is 0 Å². The molecule has 2 atom stereocenters. The first kappa shape index (κ1) is 32.2. The molecule has 0 amide bonds. The van der Waals surface area contributed by atoms with Crippen LogP contribution < -0.4 is 4.90 Å². The molecule has 268 valence electrons. The lowest BCUT2D eigenvalue weighted by molar-refractivity contribution is 0.731. The van der Waals surface area contributed by atoms with Crippen molar-refractivity contribution in [2.75, 3.05) is 4.90 Å². The van der Waals surface area contributed by atoms with E-state index in [1.807, 2.05) is 0 Å². The SMILES string of the molecule is C1=CC2c3cccc(-c4ccc5c(c4)c4c6ccccc6ccc4n5-c4ccccc4)c3N(c3nc(-c4ccccc4)c4sc(-c5ccccc5)cc4n3)C2C=C1. The zero-order valence-electron chi connectivity index (χ0n) is 30.8. The molecule has 12 rings (SSSR count). The number of para-hydroxylation sites is 2. The van der Waals surface area contributed by atoms with Gasteiger partial charge in [-0.25, -0.2) is 9.97 Å². The van der Waals surface area contributed by atoms with Gasteiger partial charge in [-0.1, -0.05) is 158 Å². The second-order valence-electron chi connectivity index (χ2n) is 14.9. The van der Waals surface area contributed by atoms with E-state index < -0.39 is 0 Å². The van der Waals surface area contributed by atoms with Crippen LogP contribution in [-0.4, -0.2) is 20.6 Å². The van der Waals surface area contributed by atoms with E-state index in [4.69, 9.17) is 9.97 Å². The molecule has 2 aliphatic rings. The molecule has 4 nitrogen and oxygen atoms in total. The fourth-order valence-corrected chi connectivity index (χ4v) is 10.3. The highest BCUT2D eigenvalue weighted by molar-refractivity contribution is 7.22. The molecule has 0 bridgehead atoms. The van der Waals surface area contributed by atoms with Gasteiger partial charge in [0.25, 0.3) is 0 Å². The van der Waals surface area contributed by atoms with E-state index in [1.165, 1.54) is 59.7 Å². The smallest absolute Gasteiger partial charge is 0.231 e. The highest BCUT2D eigenvalue weighted by Gasteiger charge is 2.41. The fraction of sp³-hybridized carbons (Fsp3) is 0.0385. The van der Waals surface area contributed by atoms with Gasteiger partial charge in [-0.05, 0) is 63.9 Å². The van der Waals surface area contributed by atoms with Gasteiger partial charge in [0.1, 0.15) is 0 Å². The van der Waals surface area contributed by atoms with Crippen LogP contribution in [0.15, 0.2) is 194 Å². The van der Waals surface area contributed by atoms with Gasteiger partial charge >= 0.3 is 0 Å². The van der Waals surface area contributed by atoms with Crippen molar-refractivity contribution in [2.45, 2.75) is 12.0 Å². The molecule has 0 radical (unpaired) electrons. The summed E-state index contributed by atoms with van der Waals surface area (Å²) < 4.78 is 3.51. The van der Waals surface area contributed by atoms with Crippen LogP contribution in [0.3, 0.4) is 0 Å². The standard InChI is InChI=1S/C52H34N4S/c1-4-16-34(17-5-1)47-32-43-51(57-47)49(35-18-6-2-7-19-35)54-52(53-43)56-44-26-13-12-23-40(44)41-25-14-24-39(50(41)56)36-28-29-45-42(31-36)48-38-22-11-10-15-33(38)27-30-46(48)55(45)37-20-8-3-9-21-37/h1-32,40,44H. The fourth-order valence-electron chi connectivity index (χ4n) is 9.22. The molecule has 57 heavy (non-hydrogen) atoms. The Morgan fingerprint density at radius 1 is 0.544 bits per heavy atom. The van der Waals surface area contributed by atoms with Crippen molar-refractivity contribution in [2.24, 2.45) is 0 Å². The predicted molar refractivity (Wildman–Crippen MR) is 239 cm³/mol. The van der Waals surface area contributed by atoms with Gasteiger partial charge in [-0.2, -0.15) is 0 Å². The number of thiophene rings is 1. The van der Waals surface area contributed by atoms with Crippen molar-refractivity contribution >= 4 is 65.8 Å².